The van der Waals surface area contributed by atoms with E-state index in [0.717, 1.165) is 25.9 Å². The molecule has 4 rings (SSSR count). The lowest BCUT2D eigenvalue weighted by molar-refractivity contribution is 0.366. The molecule has 0 amide bonds. The Bertz CT molecular complexity index is 1010. The van der Waals surface area contributed by atoms with Crippen molar-refractivity contribution in [1.82, 2.24) is 24.5 Å². The second-order valence-electron chi connectivity index (χ2n) is 6.25. The molecular formula is C17H15Cl3N6O. The molecule has 0 N–H and O–H groups in total. The first-order chi connectivity index (χ1) is 13.0. The van der Waals surface area contributed by atoms with Gasteiger partial charge in [-0.15, -0.1) is 0 Å². The van der Waals surface area contributed by atoms with Crippen LogP contribution < -0.4 is 10.5 Å². The molecule has 1 aromatic carbocycles. The van der Waals surface area contributed by atoms with Crippen molar-refractivity contribution in [1.29, 1.82) is 0 Å². The molecule has 0 spiro atoms. The minimum absolute atomic E-state index is 0.121. The monoisotopic (exact) mass is 424 g/mol. The molecule has 140 valence electrons. The molecule has 0 saturated carbocycles. The van der Waals surface area contributed by atoms with E-state index in [1.807, 2.05) is 4.68 Å². The van der Waals surface area contributed by atoms with Crippen LogP contribution in [0.15, 0.2) is 41.8 Å². The van der Waals surface area contributed by atoms with Crippen LogP contribution in [0.5, 0.6) is 0 Å². The van der Waals surface area contributed by atoms with Gasteiger partial charge in [-0.2, -0.15) is 14.9 Å². The summed E-state index contributed by atoms with van der Waals surface area (Å²) in [7, 11) is 0. The number of hydrogen-bond acceptors (Lipinski definition) is 5. The molecule has 0 bridgehead atoms. The van der Waals surface area contributed by atoms with Gasteiger partial charge in [-0.1, -0.05) is 34.8 Å². The van der Waals surface area contributed by atoms with E-state index >= 15 is 0 Å². The lowest BCUT2D eigenvalue weighted by Gasteiger charge is -2.33. The summed E-state index contributed by atoms with van der Waals surface area (Å²) in [6, 6.07) is 5.14. The first-order valence-electron chi connectivity index (χ1n) is 8.37. The summed E-state index contributed by atoms with van der Waals surface area (Å²) >= 11 is 18.5. The third kappa shape index (κ3) is 3.54. The van der Waals surface area contributed by atoms with E-state index in [-0.39, 0.29) is 5.02 Å². The number of hydrogen-bond donors (Lipinski definition) is 0. The van der Waals surface area contributed by atoms with Crippen LogP contribution in [0.3, 0.4) is 0 Å². The minimum atomic E-state index is -0.420. The van der Waals surface area contributed by atoms with Gasteiger partial charge in [-0.05, 0) is 31.0 Å². The molecule has 1 aliphatic heterocycles. The molecule has 0 atom stereocenters. The van der Waals surface area contributed by atoms with Gasteiger partial charge in [0.15, 0.2) is 0 Å². The highest BCUT2D eigenvalue weighted by molar-refractivity contribution is 6.36. The molecule has 1 aliphatic rings. The van der Waals surface area contributed by atoms with Gasteiger partial charge in [0.25, 0.3) is 5.56 Å². The number of rotatable bonds is 3. The van der Waals surface area contributed by atoms with Gasteiger partial charge in [0, 0.05) is 18.1 Å². The molecule has 0 aliphatic carbocycles. The number of piperidine rings is 1. The fourth-order valence-electron chi connectivity index (χ4n) is 3.25. The van der Waals surface area contributed by atoms with Gasteiger partial charge in [0.05, 0.1) is 28.6 Å². The largest absolute Gasteiger partial charge is 0.369 e. The molecule has 1 saturated heterocycles. The smallest absolute Gasteiger partial charge is 0.292 e. The predicted molar refractivity (Wildman–Crippen MR) is 105 cm³/mol. The van der Waals surface area contributed by atoms with Gasteiger partial charge >= 0.3 is 0 Å². The van der Waals surface area contributed by atoms with E-state index in [4.69, 9.17) is 34.8 Å². The van der Waals surface area contributed by atoms with E-state index in [2.05, 4.69) is 20.1 Å². The average molecular weight is 426 g/mol. The summed E-state index contributed by atoms with van der Waals surface area (Å²) in [4.78, 5) is 18.8. The van der Waals surface area contributed by atoms with Crippen molar-refractivity contribution in [2.75, 3.05) is 18.0 Å². The Hall–Kier alpha value is -2.09. The second kappa shape index (κ2) is 7.50. The van der Waals surface area contributed by atoms with Gasteiger partial charge in [-0.3, -0.25) is 4.79 Å². The van der Waals surface area contributed by atoms with Gasteiger partial charge in [0.2, 0.25) is 0 Å². The van der Waals surface area contributed by atoms with Crippen molar-refractivity contribution in [3.8, 4) is 5.69 Å². The van der Waals surface area contributed by atoms with Crippen molar-refractivity contribution in [3.05, 3.63) is 62.5 Å². The Labute approximate surface area is 170 Å². The second-order valence-corrected chi connectivity index (χ2v) is 7.47. The quantitative estimate of drug-likeness (QED) is 0.641. The van der Waals surface area contributed by atoms with Crippen molar-refractivity contribution < 1.29 is 0 Å². The van der Waals surface area contributed by atoms with E-state index in [1.54, 1.807) is 30.7 Å². The zero-order chi connectivity index (χ0) is 19.0. The highest BCUT2D eigenvalue weighted by Crippen LogP contribution is 2.29. The standard InChI is InChI=1S/C17H15Cl3N6O/c18-11-1-2-14(13(19)7-11)26-17(27)16(20)15(8-22-26)24-5-3-12(4-6-24)25-10-21-9-23-25/h1-2,7-10,12H,3-6H2. The molecule has 2 aromatic heterocycles. The summed E-state index contributed by atoms with van der Waals surface area (Å²) in [5.41, 5.74) is 0.640. The van der Waals surface area contributed by atoms with Gasteiger partial charge in [-0.25, -0.2) is 9.67 Å². The number of aromatic nitrogens is 5. The maximum Gasteiger partial charge on any atom is 0.292 e. The highest BCUT2D eigenvalue weighted by Gasteiger charge is 2.24. The Morgan fingerprint density at radius 1 is 1.04 bits per heavy atom. The number of halogens is 3. The lowest BCUT2D eigenvalue weighted by Crippen LogP contribution is -2.36. The van der Waals surface area contributed by atoms with Crippen molar-refractivity contribution in [2.24, 2.45) is 0 Å². The summed E-state index contributed by atoms with van der Waals surface area (Å²) in [6.07, 6.45) is 6.63. The van der Waals surface area contributed by atoms with Crippen LogP contribution in [0.1, 0.15) is 18.9 Å². The number of benzene rings is 1. The Balaban J connectivity index is 1.59. The molecule has 27 heavy (non-hydrogen) atoms. The minimum Gasteiger partial charge on any atom is -0.369 e. The maximum absolute atomic E-state index is 12.7. The van der Waals surface area contributed by atoms with Gasteiger partial charge in [0.1, 0.15) is 17.7 Å². The fourth-order valence-corrected chi connectivity index (χ4v) is 3.98. The van der Waals surface area contributed by atoms with Crippen LogP contribution in [0, 0.1) is 0 Å². The van der Waals surface area contributed by atoms with E-state index < -0.39 is 5.56 Å². The van der Waals surface area contributed by atoms with Crippen molar-refractivity contribution in [2.45, 2.75) is 18.9 Å². The van der Waals surface area contributed by atoms with Crippen LogP contribution in [-0.4, -0.2) is 37.6 Å². The molecule has 3 aromatic rings. The number of anilines is 1. The lowest BCUT2D eigenvalue weighted by atomic mass is 10.1. The highest BCUT2D eigenvalue weighted by atomic mass is 35.5. The Morgan fingerprint density at radius 2 is 1.81 bits per heavy atom. The fraction of sp³-hybridized carbons (Fsp3) is 0.294. The molecule has 7 nitrogen and oxygen atoms in total. The molecule has 10 heteroatoms. The summed E-state index contributed by atoms with van der Waals surface area (Å²) in [6.45, 7) is 1.49. The van der Waals surface area contributed by atoms with E-state index in [0.29, 0.717) is 27.5 Å². The Kier molecular flexibility index (Phi) is 5.08. The van der Waals surface area contributed by atoms with Crippen LogP contribution in [0.2, 0.25) is 15.1 Å². The van der Waals surface area contributed by atoms with Crippen LogP contribution >= 0.6 is 34.8 Å². The predicted octanol–water partition coefficient (Wildman–Crippen LogP) is 3.63. The van der Waals surface area contributed by atoms with Crippen LogP contribution in [-0.2, 0) is 0 Å². The average Bonchev–Trinajstić information content (AvgIpc) is 3.20. The Morgan fingerprint density at radius 3 is 2.48 bits per heavy atom. The van der Waals surface area contributed by atoms with Gasteiger partial charge < -0.3 is 4.90 Å². The molecular weight excluding hydrogens is 411 g/mol. The third-order valence-electron chi connectivity index (χ3n) is 4.65. The SMILES string of the molecule is O=c1c(Cl)c(N2CCC(n3cncn3)CC2)cnn1-c1ccc(Cl)cc1Cl. The summed E-state index contributed by atoms with van der Waals surface area (Å²) in [5.74, 6) is 0. The molecule has 0 radical (unpaired) electrons. The van der Waals surface area contributed by atoms with Crippen LogP contribution in [0.25, 0.3) is 5.69 Å². The summed E-state index contributed by atoms with van der Waals surface area (Å²) in [5, 5.41) is 9.40. The topological polar surface area (TPSA) is 68.8 Å². The molecule has 3 heterocycles. The van der Waals surface area contributed by atoms with E-state index in [1.165, 1.54) is 11.0 Å². The summed E-state index contributed by atoms with van der Waals surface area (Å²) < 4.78 is 3.06. The van der Waals surface area contributed by atoms with Crippen molar-refractivity contribution in [3.63, 3.8) is 0 Å². The zero-order valence-corrected chi connectivity index (χ0v) is 16.4. The third-order valence-corrected chi connectivity index (χ3v) is 5.55. The maximum atomic E-state index is 12.7. The number of nitrogens with zero attached hydrogens (tertiary/aromatic N) is 6. The van der Waals surface area contributed by atoms with Crippen LogP contribution in [0.4, 0.5) is 5.69 Å². The van der Waals surface area contributed by atoms with E-state index in [9.17, 15) is 4.79 Å². The molecule has 0 unspecified atom stereocenters. The normalized spacial score (nSPS) is 15.3. The molecule has 1 fully saturated rings. The van der Waals surface area contributed by atoms with Crippen molar-refractivity contribution >= 4 is 40.5 Å². The first-order valence-corrected chi connectivity index (χ1v) is 9.50. The first kappa shape index (κ1) is 18.3. The zero-order valence-electron chi connectivity index (χ0n) is 14.1.